The number of sulfonamides is 1. The number of hydrogen-bond donors (Lipinski definition) is 1. The standard InChI is InChI=1S/C17H19ClN2O4S/c1-20(2)25(22,23)16-10-6-3-7-13(16)11-19-17(21)12-24-15-9-5-4-8-14(15)18/h3-10H,11-12H2,1-2H3,(H,19,21). The monoisotopic (exact) mass is 382 g/mol. The topological polar surface area (TPSA) is 75.7 Å². The van der Waals surface area contributed by atoms with Crippen LogP contribution in [0.2, 0.25) is 5.02 Å². The van der Waals surface area contributed by atoms with Gasteiger partial charge in [-0.2, -0.15) is 0 Å². The minimum Gasteiger partial charge on any atom is -0.482 e. The number of halogens is 1. The van der Waals surface area contributed by atoms with Crippen LogP contribution >= 0.6 is 11.6 Å². The number of nitrogens with zero attached hydrogens (tertiary/aromatic N) is 1. The van der Waals surface area contributed by atoms with Crippen LogP contribution < -0.4 is 10.1 Å². The summed E-state index contributed by atoms with van der Waals surface area (Å²) in [6.45, 7) is -0.139. The molecule has 2 rings (SSSR count). The average molecular weight is 383 g/mol. The Morgan fingerprint density at radius 1 is 1.12 bits per heavy atom. The molecular weight excluding hydrogens is 364 g/mol. The maximum Gasteiger partial charge on any atom is 0.258 e. The van der Waals surface area contributed by atoms with Gasteiger partial charge in [0.05, 0.1) is 9.92 Å². The number of nitrogens with one attached hydrogen (secondary N) is 1. The molecule has 0 saturated heterocycles. The first-order valence-electron chi connectivity index (χ1n) is 7.47. The highest BCUT2D eigenvalue weighted by Gasteiger charge is 2.20. The molecule has 0 aliphatic carbocycles. The lowest BCUT2D eigenvalue weighted by atomic mass is 10.2. The number of para-hydroxylation sites is 1. The summed E-state index contributed by atoms with van der Waals surface area (Å²) in [5.41, 5.74) is 0.502. The van der Waals surface area contributed by atoms with E-state index >= 15 is 0 Å². The first-order chi connectivity index (χ1) is 11.8. The number of carbonyl (C=O) groups is 1. The molecule has 0 bridgehead atoms. The van der Waals surface area contributed by atoms with E-state index in [1.54, 1.807) is 42.5 Å². The minimum absolute atomic E-state index is 0.0773. The van der Waals surface area contributed by atoms with E-state index in [4.69, 9.17) is 16.3 Å². The van der Waals surface area contributed by atoms with Crippen LogP contribution in [0.15, 0.2) is 53.4 Å². The molecule has 0 spiro atoms. The Kier molecular flexibility index (Phi) is 6.41. The average Bonchev–Trinajstić information content (AvgIpc) is 2.59. The van der Waals surface area contributed by atoms with Crippen molar-refractivity contribution in [3.63, 3.8) is 0 Å². The van der Waals surface area contributed by atoms with Crippen molar-refractivity contribution in [3.05, 3.63) is 59.1 Å². The zero-order valence-electron chi connectivity index (χ0n) is 13.9. The molecule has 134 valence electrons. The largest absolute Gasteiger partial charge is 0.482 e. The van der Waals surface area contributed by atoms with Gasteiger partial charge < -0.3 is 10.1 Å². The van der Waals surface area contributed by atoms with Gasteiger partial charge >= 0.3 is 0 Å². The molecule has 0 atom stereocenters. The van der Waals surface area contributed by atoms with Crippen molar-refractivity contribution in [1.29, 1.82) is 0 Å². The van der Waals surface area contributed by atoms with Crippen LogP contribution in [0, 0.1) is 0 Å². The van der Waals surface area contributed by atoms with Crippen LogP contribution in [0.1, 0.15) is 5.56 Å². The second kappa shape index (κ2) is 8.33. The Morgan fingerprint density at radius 2 is 1.76 bits per heavy atom. The SMILES string of the molecule is CN(C)S(=O)(=O)c1ccccc1CNC(=O)COc1ccccc1Cl. The summed E-state index contributed by atoms with van der Waals surface area (Å²) in [6.07, 6.45) is 0. The summed E-state index contributed by atoms with van der Waals surface area (Å²) in [4.78, 5) is 12.1. The van der Waals surface area contributed by atoms with Gasteiger partial charge in [0, 0.05) is 20.6 Å². The van der Waals surface area contributed by atoms with E-state index in [0.717, 1.165) is 4.31 Å². The highest BCUT2D eigenvalue weighted by atomic mass is 35.5. The normalized spacial score (nSPS) is 11.4. The van der Waals surface area contributed by atoms with E-state index < -0.39 is 10.0 Å². The fourth-order valence-electron chi connectivity index (χ4n) is 2.05. The van der Waals surface area contributed by atoms with Crippen LogP contribution in [-0.2, 0) is 21.4 Å². The summed E-state index contributed by atoms with van der Waals surface area (Å²) >= 11 is 5.95. The minimum atomic E-state index is -3.58. The fraction of sp³-hybridized carbons (Fsp3) is 0.235. The lowest BCUT2D eigenvalue weighted by Crippen LogP contribution is -2.30. The van der Waals surface area contributed by atoms with E-state index in [1.165, 1.54) is 20.2 Å². The van der Waals surface area contributed by atoms with Crippen molar-refractivity contribution < 1.29 is 17.9 Å². The smallest absolute Gasteiger partial charge is 0.258 e. The molecule has 0 aliphatic rings. The molecule has 0 radical (unpaired) electrons. The maximum atomic E-state index is 12.3. The van der Waals surface area contributed by atoms with Crippen LogP contribution in [0.3, 0.4) is 0 Å². The van der Waals surface area contributed by atoms with Crippen LogP contribution in [0.25, 0.3) is 0 Å². The molecule has 0 fully saturated rings. The van der Waals surface area contributed by atoms with Gasteiger partial charge in [0.25, 0.3) is 5.91 Å². The molecule has 8 heteroatoms. The van der Waals surface area contributed by atoms with Crippen molar-refractivity contribution in [2.24, 2.45) is 0 Å². The van der Waals surface area contributed by atoms with E-state index in [1.807, 2.05) is 0 Å². The lowest BCUT2D eigenvalue weighted by molar-refractivity contribution is -0.123. The number of hydrogen-bond acceptors (Lipinski definition) is 4. The molecular formula is C17H19ClN2O4S. The second-order valence-electron chi connectivity index (χ2n) is 5.39. The molecule has 0 heterocycles. The third-order valence-corrected chi connectivity index (χ3v) is 5.63. The first kappa shape index (κ1) is 19.2. The molecule has 0 saturated carbocycles. The Labute approximate surface area is 152 Å². The number of amides is 1. The van der Waals surface area contributed by atoms with Crippen LogP contribution in [-0.4, -0.2) is 39.3 Å². The Hall–Kier alpha value is -2.09. The van der Waals surface area contributed by atoms with Gasteiger partial charge in [-0.1, -0.05) is 41.9 Å². The Balaban J connectivity index is 2.00. The van der Waals surface area contributed by atoms with Crippen molar-refractivity contribution in [3.8, 4) is 5.75 Å². The zero-order valence-corrected chi connectivity index (χ0v) is 15.5. The van der Waals surface area contributed by atoms with E-state index in [-0.39, 0.29) is 24.0 Å². The Bertz CT molecular complexity index is 853. The summed E-state index contributed by atoms with van der Waals surface area (Å²) in [6, 6.07) is 13.4. The highest BCUT2D eigenvalue weighted by Crippen LogP contribution is 2.23. The quantitative estimate of drug-likeness (QED) is 0.797. The molecule has 0 aromatic heterocycles. The van der Waals surface area contributed by atoms with Gasteiger partial charge in [-0.05, 0) is 23.8 Å². The van der Waals surface area contributed by atoms with Gasteiger partial charge in [-0.15, -0.1) is 0 Å². The molecule has 2 aromatic carbocycles. The summed E-state index contributed by atoms with van der Waals surface area (Å²) in [5, 5.41) is 3.06. The zero-order chi connectivity index (χ0) is 18.4. The fourth-order valence-corrected chi connectivity index (χ4v) is 3.35. The molecule has 1 N–H and O–H groups in total. The van der Waals surface area contributed by atoms with Crippen LogP contribution in [0.4, 0.5) is 0 Å². The van der Waals surface area contributed by atoms with E-state index in [0.29, 0.717) is 16.3 Å². The third kappa shape index (κ3) is 4.94. The van der Waals surface area contributed by atoms with Gasteiger partial charge in [0.1, 0.15) is 5.75 Å². The molecule has 0 unspecified atom stereocenters. The van der Waals surface area contributed by atoms with Crippen molar-refractivity contribution in [2.45, 2.75) is 11.4 Å². The number of ether oxygens (including phenoxy) is 1. The highest BCUT2D eigenvalue weighted by molar-refractivity contribution is 7.89. The molecule has 6 nitrogen and oxygen atoms in total. The molecule has 0 aliphatic heterocycles. The van der Waals surface area contributed by atoms with Gasteiger partial charge in [-0.3, -0.25) is 4.79 Å². The summed E-state index contributed by atoms with van der Waals surface area (Å²) in [5.74, 6) is 0.0341. The number of rotatable bonds is 7. The third-order valence-electron chi connectivity index (χ3n) is 3.40. The van der Waals surface area contributed by atoms with Gasteiger partial charge in [0.2, 0.25) is 10.0 Å². The molecule has 1 amide bonds. The number of benzene rings is 2. The van der Waals surface area contributed by atoms with Crippen LogP contribution in [0.5, 0.6) is 5.75 Å². The Morgan fingerprint density at radius 3 is 2.44 bits per heavy atom. The predicted octanol–water partition coefficient (Wildman–Crippen LogP) is 2.29. The lowest BCUT2D eigenvalue weighted by Gasteiger charge is -2.15. The van der Waals surface area contributed by atoms with E-state index in [9.17, 15) is 13.2 Å². The molecule has 25 heavy (non-hydrogen) atoms. The number of carbonyl (C=O) groups excluding carboxylic acids is 1. The van der Waals surface area contributed by atoms with Gasteiger partial charge in [0.15, 0.2) is 6.61 Å². The second-order valence-corrected chi connectivity index (χ2v) is 7.92. The van der Waals surface area contributed by atoms with Gasteiger partial charge in [-0.25, -0.2) is 12.7 Å². The maximum absolute atomic E-state index is 12.3. The summed E-state index contributed by atoms with van der Waals surface area (Å²) in [7, 11) is -0.662. The van der Waals surface area contributed by atoms with Crippen molar-refractivity contribution in [1.82, 2.24) is 9.62 Å². The van der Waals surface area contributed by atoms with Crippen molar-refractivity contribution >= 4 is 27.5 Å². The predicted molar refractivity (Wildman–Crippen MR) is 96.1 cm³/mol. The van der Waals surface area contributed by atoms with Crippen molar-refractivity contribution in [2.75, 3.05) is 20.7 Å². The summed E-state index contributed by atoms with van der Waals surface area (Å²) < 4.78 is 31.1. The molecule has 2 aromatic rings. The van der Waals surface area contributed by atoms with E-state index in [2.05, 4.69) is 5.32 Å². The first-order valence-corrected chi connectivity index (χ1v) is 9.28.